The molecule has 2 aromatic carbocycles. The average molecular weight is 398 g/mol. The summed E-state index contributed by atoms with van der Waals surface area (Å²) < 4.78 is 11.0. The van der Waals surface area contributed by atoms with Crippen molar-refractivity contribution in [2.45, 2.75) is 58.5 Å². The molecular formula is C24H31NO4. The Hall–Kier alpha value is -2.82. The van der Waals surface area contributed by atoms with Gasteiger partial charge in [-0.05, 0) is 47.9 Å². The summed E-state index contributed by atoms with van der Waals surface area (Å²) in [4.78, 5) is 12.0. The van der Waals surface area contributed by atoms with Crippen LogP contribution in [0, 0.1) is 0 Å². The molecule has 156 valence electrons. The van der Waals surface area contributed by atoms with Gasteiger partial charge in [-0.2, -0.15) is 0 Å². The highest BCUT2D eigenvalue weighted by molar-refractivity contribution is 6.36. The minimum atomic E-state index is -0.577. The van der Waals surface area contributed by atoms with E-state index in [9.17, 15) is 4.79 Å². The van der Waals surface area contributed by atoms with Crippen LogP contribution in [0.5, 0.6) is 5.75 Å². The molecule has 0 aliphatic rings. The summed E-state index contributed by atoms with van der Waals surface area (Å²) in [5, 5.41) is 12.2. The Morgan fingerprint density at radius 2 is 1.66 bits per heavy atom. The van der Waals surface area contributed by atoms with Crippen molar-refractivity contribution in [3.05, 3.63) is 65.7 Å². The number of oxime groups is 1. The molecule has 5 nitrogen and oxygen atoms in total. The first kappa shape index (κ1) is 22.5. The van der Waals surface area contributed by atoms with Gasteiger partial charge in [-0.1, -0.05) is 68.4 Å². The lowest BCUT2D eigenvalue weighted by molar-refractivity contribution is -0.137. The lowest BCUT2D eigenvalue weighted by Gasteiger charge is -2.19. The molecule has 0 bridgehead atoms. The number of rotatable bonds is 10. The van der Waals surface area contributed by atoms with Crippen molar-refractivity contribution in [1.29, 1.82) is 0 Å². The fourth-order valence-corrected chi connectivity index (χ4v) is 2.81. The number of esters is 1. The van der Waals surface area contributed by atoms with E-state index in [2.05, 4.69) is 38.1 Å². The maximum Gasteiger partial charge on any atom is 0.356 e. The van der Waals surface area contributed by atoms with Gasteiger partial charge in [0.15, 0.2) is 5.71 Å². The second-order valence-electron chi connectivity index (χ2n) is 8.04. The van der Waals surface area contributed by atoms with Gasteiger partial charge in [-0.3, -0.25) is 0 Å². The Bertz CT molecular complexity index is 777. The Kier molecular flexibility index (Phi) is 8.71. The van der Waals surface area contributed by atoms with E-state index in [1.807, 2.05) is 42.5 Å². The second-order valence-corrected chi connectivity index (χ2v) is 8.04. The van der Waals surface area contributed by atoms with Gasteiger partial charge in [0.05, 0.1) is 6.61 Å². The number of carbonyl (C=O) groups excluding carboxylic acids is 1. The van der Waals surface area contributed by atoms with Crippen molar-refractivity contribution >= 4 is 11.7 Å². The molecule has 0 aromatic heterocycles. The topological polar surface area (TPSA) is 68.1 Å². The van der Waals surface area contributed by atoms with Gasteiger partial charge in [0.1, 0.15) is 12.4 Å². The molecule has 0 saturated carbocycles. The third kappa shape index (κ3) is 7.98. The quantitative estimate of drug-likeness (QED) is 0.189. The standard InChI is InChI=1S/C24H31NO4/c1-24(2,3)20-13-15-21(16-14-20)28-17-9-5-8-12-22(25-27)23(26)29-18-19-10-6-4-7-11-19/h4,6-7,10-11,13-16,27H,5,8-9,12,17-18H2,1-3H3. The number of benzene rings is 2. The number of carbonyl (C=O) groups is 1. The number of ether oxygens (including phenoxy) is 2. The average Bonchev–Trinajstić information content (AvgIpc) is 2.72. The molecule has 2 aromatic rings. The molecule has 0 heterocycles. The lowest BCUT2D eigenvalue weighted by Crippen LogP contribution is -2.17. The van der Waals surface area contributed by atoms with Crippen LogP contribution in [-0.2, 0) is 21.6 Å². The molecule has 0 unspecified atom stereocenters. The molecule has 1 N–H and O–H groups in total. The van der Waals surface area contributed by atoms with Crippen molar-refractivity contribution in [2.24, 2.45) is 5.16 Å². The van der Waals surface area contributed by atoms with Crippen molar-refractivity contribution in [2.75, 3.05) is 6.61 Å². The molecule has 2 rings (SSSR count). The number of unbranched alkanes of at least 4 members (excludes halogenated alkanes) is 2. The van der Waals surface area contributed by atoms with E-state index in [1.54, 1.807) is 0 Å². The van der Waals surface area contributed by atoms with Crippen LogP contribution < -0.4 is 4.74 Å². The molecule has 29 heavy (non-hydrogen) atoms. The first-order chi connectivity index (χ1) is 13.9. The minimum Gasteiger partial charge on any atom is -0.494 e. The molecule has 0 fully saturated rings. The lowest BCUT2D eigenvalue weighted by atomic mass is 9.87. The molecule has 0 saturated heterocycles. The maximum absolute atomic E-state index is 12.0. The van der Waals surface area contributed by atoms with Crippen LogP contribution >= 0.6 is 0 Å². The zero-order valence-corrected chi connectivity index (χ0v) is 17.6. The van der Waals surface area contributed by atoms with Crippen LogP contribution in [-0.4, -0.2) is 23.5 Å². The summed E-state index contributed by atoms with van der Waals surface area (Å²) in [7, 11) is 0. The molecule has 0 radical (unpaired) electrons. The fourth-order valence-electron chi connectivity index (χ4n) is 2.81. The predicted molar refractivity (Wildman–Crippen MR) is 115 cm³/mol. The number of nitrogens with zero attached hydrogens (tertiary/aromatic N) is 1. The molecule has 5 heteroatoms. The summed E-state index contributed by atoms with van der Waals surface area (Å²) in [6.07, 6.45) is 2.83. The Labute approximate surface area is 173 Å². The highest BCUT2D eigenvalue weighted by atomic mass is 16.5. The van der Waals surface area contributed by atoms with Crippen molar-refractivity contribution < 1.29 is 19.5 Å². The van der Waals surface area contributed by atoms with E-state index < -0.39 is 5.97 Å². The molecular weight excluding hydrogens is 366 g/mol. The van der Waals surface area contributed by atoms with Gasteiger partial charge in [-0.15, -0.1) is 0 Å². The van der Waals surface area contributed by atoms with Gasteiger partial charge >= 0.3 is 5.97 Å². The summed E-state index contributed by atoms with van der Waals surface area (Å²) in [5.74, 6) is 0.284. The van der Waals surface area contributed by atoms with Gasteiger partial charge in [-0.25, -0.2) is 4.79 Å². The molecule has 0 amide bonds. The molecule has 0 aliphatic heterocycles. The van der Waals surface area contributed by atoms with Gasteiger partial charge < -0.3 is 14.7 Å². The van der Waals surface area contributed by atoms with Crippen LogP contribution in [0.15, 0.2) is 59.8 Å². The summed E-state index contributed by atoms with van der Waals surface area (Å²) in [5.41, 5.74) is 2.36. The van der Waals surface area contributed by atoms with Crippen LogP contribution in [0.1, 0.15) is 57.6 Å². The maximum atomic E-state index is 12.0. The van der Waals surface area contributed by atoms with Gasteiger partial charge in [0, 0.05) is 6.42 Å². The van der Waals surface area contributed by atoms with Gasteiger partial charge in [0.2, 0.25) is 0 Å². The Morgan fingerprint density at radius 3 is 2.28 bits per heavy atom. The van der Waals surface area contributed by atoms with Gasteiger partial charge in [0.25, 0.3) is 0 Å². The minimum absolute atomic E-state index is 0.0552. The van der Waals surface area contributed by atoms with E-state index in [0.29, 0.717) is 13.0 Å². The molecule has 0 atom stereocenters. The summed E-state index contributed by atoms with van der Waals surface area (Å²) in [6.45, 7) is 7.33. The first-order valence-electron chi connectivity index (χ1n) is 10.1. The second kappa shape index (κ2) is 11.2. The predicted octanol–water partition coefficient (Wildman–Crippen LogP) is 5.50. The monoisotopic (exact) mass is 397 g/mol. The zero-order chi connectivity index (χ0) is 21.1. The zero-order valence-electron chi connectivity index (χ0n) is 17.6. The van der Waals surface area contributed by atoms with Crippen LogP contribution in [0.4, 0.5) is 0 Å². The highest BCUT2D eigenvalue weighted by Crippen LogP contribution is 2.24. The van der Waals surface area contributed by atoms with E-state index in [-0.39, 0.29) is 17.7 Å². The highest BCUT2D eigenvalue weighted by Gasteiger charge is 2.14. The van der Waals surface area contributed by atoms with E-state index >= 15 is 0 Å². The SMILES string of the molecule is CC(C)(C)c1ccc(OCCCCCC(=NO)C(=O)OCc2ccccc2)cc1. The van der Waals surface area contributed by atoms with E-state index in [4.69, 9.17) is 14.7 Å². The van der Waals surface area contributed by atoms with E-state index in [0.717, 1.165) is 30.6 Å². The fraction of sp³-hybridized carbons (Fsp3) is 0.417. The third-order valence-electron chi connectivity index (χ3n) is 4.62. The number of hydrogen-bond acceptors (Lipinski definition) is 5. The number of hydrogen-bond donors (Lipinski definition) is 1. The summed E-state index contributed by atoms with van der Waals surface area (Å²) in [6, 6.07) is 17.6. The Morgan fingerprint density at radius 1 is 0.966 bits per heavy atom. The molecule has 0 aliphatic carbocycles. The largest absolute Gasteiger partial charge is 0.494 e. The summed E-state index contributed by atoms with van der Waals surface area (Å²) >= 11 is 0. The normalized spacial score (nSPS) is 11.9. The van der Waals surface area contributed by atoms with Crippen molar-refractivity contribution in [1.82, 2.24) is 0 Å². The third-order valence-corrected chi connectivity index (χ3v) is 4.62. The van der Waals surface area contributed by atoms with Crippen LogP contribution in [0.2, 0.25) is 0 Å². The molecule has 0 spiro atoms. The van der Waals surface area contributed by atoms with E-state index in [1.165, 1.54) is 5.56 Å². The van der Waals surface area contributed by atoms with Crippen LogP contribution in [0.3, 0.4) is 0 Å². The Balaban J connectivity index is 1.62. The van der Waals surface area contributed by atoms with Crippen molar-refractivity contribution in [3.8, 4) is 5.75 Å². The smallest absolute Gasteiger partial charge is 0.356 e. The van der Waals surface area contributed by atoms with Crippen molar-refractivity contribution in [3.63, 3.8) is 0 Å². The van der Waals surface area contributed by atoms with Crippen LogP contribution in [0.25, 0.3) is 0 Å². The first-order valence-corrected chi connectivity index (χ1v) is 10.1.